The fourth-order valence-corrected chi connectivity index (χ4v) is 7.32. The molecule has 0 aliphatic carbocycles. The van der Waals surface area contributed by atoms with Crippen molar-refractivity contribution in [2.75, 3.05) is 0 Å². The van der Waals surface area contributed by atoms with Gasteiger partial charge in [0.2, 0.25) is 0 Å². The first-order valence-electron chi connectivity index (χ1n) is 18.9. The molecule has 4 heteroatoms. The SMILES string of the molecule is Cc1c[c-]c(-c2cc(-c3ccccc3)c(C)cn2)cc1.Cc1cnc(-c2[c-]cc(-c3cccc4c3ccc3oc5ccccc5c34)cc2)cc1CC(C)(C)C.[Ir]. The minimum absolute atomic E-state index is 0. The molecule has 3 heterocycles. The quantitative estimate of drug-likeness (QED) is 0.162. The summed E-state index contributed by atoms with van der Waals surface area (Å²) >= 11 is 0. The van der Waals surface area contributed by atoms with Crippen LogP contribution in [0.3, 0.4) is 0 Å². The molecule has 0 amide bonds. The van der Waals surface area contributed by atoms with Crippen LogP contribution in [0.2, 0.25) is 0 Å². The van der Waals surface area contributed by atoms with Crippen LogP contribution < -0.4 is 0 Å². The second kappa shape index (κ2) is 16.2. The molecule has 0 bridgehead atoms. The average molecular weight is 905 g/mol. The van der Waals surface area contributed by atoms with Gasteiger partial charge in [0.05, 0.1) is 0 Å². The Morgan fingerprint density at radius 1 is 0.554 bits per heavy atom. The Kier molecular flexibility index (Phi) is 11.2. The fourth-order valence-electron chi connectivity index (χ4n) is 7.32. The zero-order chi connectivity index (χ0) is 38.1. The number of rotatable bonds is 5. The fraction of sp³-hybridized carbons (Fsp3) is 0.154. The molecule has 279 valence electrons. The van der Waals surface area contributed by atoms with Crippen molar-refractivity contribution in [3.05, 3.63) is 180 Å². The summed E-state index contributed by atoms with van der Waals surface area (Å²) in [5, 5.41) is 4.76. The summed E-state index contributed by atoms with van der Waals surface area (Å²) in [5.41, 5.74) is 15.9. The van der Waals surface area contributed by atoms with Crippen LogP contribution in [-0.4, -0.2) is 9.97 Å². The molecular weight excluding hydrogens is 861 g/mol. The van der Waals surface area contributed by atoms with E-state index in [2.05, 4.69) is 168 Å². The number of fused-ring (bicyclic) bond motifs is 5. The maximum Gasteiger partial charge on any atom is 0.136 e. The molecule has 0 spiro atoms. The maximum atomic E-state index is 6.11. The van der Waals surface area contributed by atoms with Gasteiger partial charge in [-0.3, -0.25) is 0 Å². The van der Waals surface area contributed by atoms with E-state index in [0.29, 0.717) is 0 Å². The second-order valence-corrected chi connectivity index (χ2v) is 15.7. The number of hydrogen-bond donors (Lipinski definition) is 0. The van der Waals surface area contributed by atoms with Crippen LogP contribution >= 0.6 is 0 Å². The number of pyridine rings is 2. The van der Waals surface area contributed by atoms with Gasteiger partial charge >= 0.3 is 0 Å². The molecule has 1 radical (unpaired) electrons. The Morgan fingerprint density at radius 3 is 1.95 bits per heavy atom. The first-order chi connectivity index (χ1) is 26.6. The zero-order valence-corrected chi connectivity index (χ0v) is 35.1. The smallest absolute Gasteiger partial charge is 0.136 e. The second-order valence-electron chi connectivity index (χ2n) is 15.7. The number of benzene rings is 6. The van der Waals surface area contributed by atoms with Crippen molar-refractivity contribution in [1.29, 1.82) is 0 Å². The van der Waals surface area contributed by atoms with Gasteiger partial charge in [-0.25, -0.2) is 0 Å². The zero-order valence-electron chi connectivity index (χ0n) is 32.7. The summed E-state index contributed by atoms with van der Waals surface area (Å²) in [4.78, 5) is 9.24. The van der Waals surface area contributed by atoms with Gasteiger partial charge in [-0.2, -0.15) is 0 Å². The summed E-state index contributed by atoms with van der Waals surface area (Å²) in [7, 11) is 0. The Hall–Kier alpha value is -5.67. The van der Waals surface area contributed by atoms with Crippen molar-refractivity contribution in [1.82, 2.24) is 9.97 Å². The van der Waals surface area contributed by atoms with Crippen LogP contribution in [-0.2, 0) is 26.5 Å². The van der Waals surface area contributed by atoms with Crippen molar-refractivity contribution in [3.63, 3.8) is 0 Å². The normalized spacial score (nSPS) is 11.3. The number of hydrogen-bond acceptors (Lipinski definition) is 3. The molecule has 0 saturated carbocycles. The number of para-hydroxylation sites is 1. The van der Waals surface area contributed by atoms with Crippen molar-refractivity contribution >= 4 is 32.7 Å². The number of aromatic nitrogens is 2. The maximum absolute atomic E-state index is 6.11. The molecular formula is C52H44IrN2O-2. The molecule has 6 aromatic carbocycles. The molecule has 0 N–H and O–H groups in total. The van der Waals surface area contributed by atoms with Gasteiger partial charge in [-0.15, -0.1) is 65.2 Å². The first kappa shape index (κ1) is 38.6. The van der Waals surface area contributed by atoms with Crippen LogP contribution in [0.25, 0.3) is 77.5 Å². The molecule has 3 nitrogen and oxygen atoms in total. The van der Waals surface area contributed by atoms with Crippen molar-refractivity contribution < 1.29 is 24.5 Å². The number of nitrogens with zero attached hydrogens (tertiary/aromatic N) is 2. The van der Waals surface area contributed by atoms with E-state index in [-0.39, 0.29) is 25.5 Å². The van der Waals surface area contributed by atoms with Gasteiger partial charge in [0.25, 0.3) is 0 Å². The standard InChI is InChI=1S/C33H28NO.C19H16N.Ir/c1-21-20-34-29(18-24(21)19-33(2,3)4)23-14-12-22(13-15-23)25-9-7-10-27-26(25)16-17-31-32(27)28-8-5-6-11-30(28)35-31;1-14-8-10-17(11-9-14)19-12-18(15(2)13-20-19)16-6-4-3-5-7-16;/h5-14,16-18,20H,19H2,1-4H3;3-10,12-13H,1-2H3;/q2*-1;. The Balaban J connectivity index is 0.000000195. The predicted octanol–water partition coefficient (Wildman–Crippen LogP) is 14.0. The molecule has 9 aromatic rings. The molecule has 0 aliphatic rings. The molecule has 56 heavy (non-hydrogen) atoms. The van der Waals surface area contributed by atoms with E-state index in [4.69, 9.17) is 9.40 Å². The van der Waals surface area contributed by atoms with E-state index < -0.39 is 0 Å². The molecule has 3 aromatic heterocycles. The summed E-state index contributed by atoms with van der Waals surface area (Å²) < 4.78 is 6.11. The molecule has 0 aliphatic heterocycles. The van der Waals surface area contributed by atoms with Crippen molar-refractivity contribution in [2.24, 2.45) is 5.41 Å². The van der Waals surface area contributed by atoms with Gasteiger partial charge in [0.1, 0.15) is 11.2 Å². The van der Waals surface area contributed by atoms with E-state index in [9.17, 15) is 0 Å². The summed E-state index contributed by atoms with van der Waals surface area (Å²) in [6, 6.07) is 53.2. The van der Waals surface area contributed by atoms with Crippen LogP contribution in [0.4, 0.5) is 0 Å². The van der Waals surface area contributed by atoms with E-state index in [1.54, 1.807) is 0 Å². The van der Waals surface area contributed by atoms with Gasteiger partial charge < -0.3 is 14.4 Å². The molecule has 9 rings (SSSR count). The third kappa shape index (κ3) is 8.14. The molecule has 0 saturated heterocycles. The van der Waals surface area contributed by atoms with E-state index >= 15 is 0 Å². The van der Waals surface area contributed by atoms with E-state index in [0.717, 1.165) is 51.1 Å². The summed E-state index contributed by atoms with van der Waals surface area (Å²) in [5.74, 6) is 0. The topological polar surface area (TPSA) is 38.9 Å². The van der Waals surface area contributed by atoms with Gasteiger partial charge in [0, 0.05) is 43.3 Å². The molecule has 0 atom stereocenters. The minimum Gasteiger partial charge on any atom is -0.456 e. The summed E-state index contributed by atoms with van der Waals surface area (Å²) in [6.45, 7) is 13.1. The van der Waals surface area contributed by atoms with Gasteiger partial charge in [0.15, 0.2) is 0 Å². The van der Waals surface area contributed by atoms with Crippen LogP contribution in [0.15, 0.2) is 150 Å². The Labute approximate surface area is 343 Å². The molecule has 0 fully saturated rings. The largest absolute Gasteiger partial charge is 0.456 e. The van der Waals surface area contributed by atoms with Crippen LogP contribution in [0.5, 0.6) is 0 Å². The van der Waals surface area contributed by atoms with Crippen LogP contribution in [0.1, 0.15) is 43.0 Å². The predicted molar refractivity (Wildman–Crippen MR) is 230 cm³/mol. The number of aryl methyl sites for hydroxylation is 3. The minimum atomic E-state index is 0. The Morgan fingerprint density at radius 2 is 1.23 bits per heavy atom. The summed E-state index contributed by atoms with van der Waals surface area (Å²) in [6.07, 6.45) is 4.95. The van der Waals surface area contributed by atoms with Crippen LogP contribution in [0, 0.1) is 38.3 Å². The third-order valence-electron chi connectivity index (χ3n) is 10.2. The van der Waals surface area contributed by atoms with Crippen molar-refractivity contribution in [3.8, 4) is 44.8 Å². The number of furan rings is 1. The monoisotopic (exact) mass is 905 g/mol. The van der Waals surface area contributed by atoms with Crippen molar-refractivity contribution in [2.45, 2.75) is 48.0 Å². The van der Waals surface area contributed by atoms with Gasteiger partial charge in [-0.1, -0.05) is 129 Å². The molecule has 0 unspecified atom stereocenters. The first-order valence-corrected chi connectivity index (χ1v) is 18.9. The van der Waals surface area contributed by atoms with Gasteiger partial charge in [-0.05, 0) is 82.2 Å². The third-order valence-corrected chi connectivity index (χ3v) is 10.2. The Bertz CT molecular complexity index is 2780. The average Bonchev–Trinajstić information content (AvgIpc) is 3.59. The van der Waals surface area contributed by atoms with E-state index in [1.165, 1.54) is 55.1 Å². The van der Waals surface area contributed by atoms with E-state index in [1.807, 2.05) is 36.7 Å².